The van der Waals surface area contributed by atoms with E-state index < -0.39 is 6.04 Å². The average molecular weight is 487 g/mol. The Morgan fingerprint density at radius 1 is 1.06 bits per heavy atom. The lowest BCUT2D eigenvalue weighted by Gasteiger charge is -2.32. The molecule has 3 atom stereocenters. The standard InChI is InChI=1S/C25H38N6O2S/c1-16(2)20(23(32)29-25-22(30-31-34-25)19-13-9-6-10-14-19)28-24(33)21(27-15-17(3)26-4)18-11-7-5-8-12-18/h6,9-10,13-14,16-18,20-21,26-27H,5,7-8,11-12,15H2,1-4H3,(H,28,33)(H,29,32)/t17-,20-,21-/m0/s1. The summed E-state index contributed by atoms with van der Waals surface area (Å²) in [6, 6.07) is 8.91. The van der Waals surface area contributed by atoms with Crippen LogP contribution in [0.25, 0.3) is 11.3 Å². The summed E-state index contributed by atoms with van der Waals surface area (Å²) >= 11 is 1.14. The van der Waals surface area contributed by atoms with Gasteiger partial charge in [-0.25, -0.2) is 0 Å². The fourth-order valence-corrected chi connectivity index (χ4v) is 4.97. The molecule has 0 aliphatic heterocycles. The molecule has 34 heavy (non-hydrogen) atoms. The van der Waals surface area contributed by atoms with Crippen molar-refractivity contribution < 1.29 is 9.59 Å². The summed E-state index contributed by atoms with van der Waals surface area (Å²) in [5.74, 6) is -0.148. The molecule has 9 heteroatoms. The maximum absolute atomic E-state index is 13.5. The number of hydrogen-bond acceptors (Lipinski definition) is 7. The van der Waals surface area contributed by atoms with E-state index >= 15 is 0 Å². The summed E-state index contributed by atoms with van der Waals surface area (Å²) in [5, 5.41) is 17.5. The number of benzene rings is 1. The van der Waals surface area contributed by atoms with E-state index in [1.54, 1.807) is 0 Å². The van der Waals surface area contributed by atoms with Crippen LogP contribution in [0.15, 0.2) is 30.3 Å². The largest absolute Gasteiger partial charge is 0.343 e. The minimum Gasteiger partial charge on any atom is -0.343 e. The van der Waals surface area contributed by atoms with Crippen molar-refractivity contribution in [3.8, 4) is 11.3 Å². The van der Waals surface area contributed by atoms with Crippen molar-refractivity contribution in [1.29, 1.82) is 0 Å². The highest BCUT2D eigenvalue weighted by Crippen LogP contribution is 2.29. The van der Waals surface area contributed by atoms with E-state index in [2.05, 4.69) is 37.8 Å². The molecular weight excluding hydrogens is 448 g/mol. The molecule has 8 nitrogen and oxygen atoms in total. The van der Waals surface area contributed by atoms with Gasteiger partial charge in [-0.15, -0.1) is 5.10 Å². The Morgan fingerprint density at radius 3 is 2.41 bits per heavy atom. The second-order valence-electron chi connectivity index (χ2n) is 9.51. The van der Waals surface area contributed by atoms with Gasteiger partial charge in [-0.2, -0.15) is 0 Å². The maximum atomic E-state index is 13.5. The number of likely N-dealkylation sites (N-methyl/N-ethyl adjacent to an activating group) is 1. The normalized spacial score (nSPS) is 17.2. The molecule has 0 unspecified atom stereocenters. The third-order valence-electron chi connectivity index (χ3n) is 6.56. The molecule has 186 valence electrons. The number of anilines is 1. The van der Waals surface area contributed by atoms with Crippen molar-refractivity contribution in [3.63, 3.8) is 0 Å². The third-order valence-corrected chi connectivity index (χ3v) is 7.20. The lowest BCUT2D eigenvalue weighted by molar-refractivity contribution is -0.130. The Bertz CT molecular complexity index is 913. The zero-order valence-corrected chi connectivity index (χ0v) is 21.5. The molecule has 1 fully saturated rings. The van der Waals surface area contributed by atoms with Crippen LogP contribution in [0, 0.1) is 11.8 Å². The van der Waals surface area contributed by atoms with Crippen molar-refractivity contribution in [2.75, 3.05) is 18.9 Å². The van der Waals surface area contributed by atoms with Crippen molar-refractivity contribution in [1.82, 2.24) is 25.5 Å². The van der Waals surface area contributed by atoms with E-state index in [0.29, 0.717) is 17.2 Å². The van der Waals surface area contributed by atoms with Crippen LogP contribution in [0.5, 0.6) is 0 Å². The van der Waals surface area contributed by atoms with Gasteiger partial charge in [-0.3, -0.25) is 9.59 Å². The molecule has 0 saturated heterocycles. The van der Waals surface area contributed by atoms with E-state index in [9.17, 15) is 9.59 Å². The van der Waals surface area contributed by atoms with Gasteiger partial charge >= 0.3 is 0 Å². The van der Waals surface area contributed by atoms with Gasteiger partial charge in [0.15, 0.2) is 0 Å². The van der Waals surface area contributed by atoms with Crippen LogP contribution >= 0.6 is 11.5 Å². The number of nitrogens with one attached hydrogen (secondary N) is 4. The molecule has 3 rings (SSSR count). The van der Waals surface area contributed by atoms with E-state index in [0.717, 1.165) is 42.8 Å². The van der Waals surface area contributed by atoms with Gasteiger partial charge in [0.2, 0.25) is 11.8 Å². The Labute approximate surface area is 206 Å². The van der Waals surface area contributed by atoms with E-state index in [4.69, 9.17) is 0 Å². The summed E-state index contributed by atoms with van der Waals surface area (Å²) in [6.07, 6.45) is 5.58. The Hall–Kier alpha value is -2.36. The van der Waals surface area contributed by atoms with Crippen LogP contribution in [0.2, 0.25) is 0 Å². The van der Waals surface area contributed by atoms with Crippen LogP contribution < -0.4 is 21.3 Å². The molecule has 1 aromatic heterocycles. The summed E-state index contributed by atoms with van der Waals surface area (Å²) in [5.41, 5.74) is 1.52. The highest BCUT2D eigenvalue weighted by Gasteiger charge is 2.33. The van der Waals surface area contributed by atoms with Gasteiger partial charge in [-0.1, -0.05) is 67.9 Å². The van der Waals surface area contributed by atoms with Crippen LogP contribution in [0.4, 0.5) is 5.00 Å². The second kappa shape index (κ2) is 12.9. The Balaban J connectivity index is 1.71. The van der Waals surface area contributed by atoms with Crippen molar-refractivity contribution in [3.05, 3.63) is 30.3 Å². The monoisotopic (exact) mass is 486 g/mol. The van der Waals surface area contributed by atoms with Crippen LogP contribution in [0.3, 0.4) is 0 Å². The fraction of sp³-hybridized carbons (Fsp3) is 0.600. The molecule has 1 aliphatic rings. The second-order valence-corrected chi connectivity index (χ2v) is 10.3. The van der Waals surface area contributed by atoms with Gasteiger partial charge in [0.05, 0.1) is 6.04 Å². The number of aromatic nitrogens is 2. The van der Waals surface area contributed by atoms with Crippen LogP contribution in [-0.4, -0.2) is 53.1 Å². The zero-order valence-electron chi connectivity index (χ0n) is 20.6. The quantitative estimate of drug-likeness (QED) is 0.388. The molecule has 2 amide bonds. The SMILES string of the molecule is CN[C@@H](C)CN[C@H](C(=O)N[C@H](C(=O)Nc1snnc1-c1ccccc1)C(C)C)C1CCCCC1. The number of hydrogen-bond donors (Lipinski definition) is 4. The fourth-order valence-electron chi connectivity index (χ4n) is 4.37. The summed E-state index contributed by atoms with van der Waals surface area (Å²) in [6.45, 7) is 6.66. The van der Waals surface area contributed by atoms with E-state index in [-0.39, 0.29) is 35.7 Å². The first-order valence-electron chi connectivity index (χ1n) is 12.3. The van der Waals surface area contributed by atoms with Gasteiger partial charge in [0.25, 0.3) is 0 Å². The summed E-state index contributed by atoms with van der Waals surface area (Å²) in [4.78, 5) is 26.7. The lowest BCUT2D eigenvalue weighted by atomic mass is 9.83. The minimum absolute atomic E-state index is 0.0757. The maximum Gasteiger partial charge on any atom is 0.247 e. The molecule has 1 aromatic carbocycles. The molecule has 0 bridgehead atoms. The highest BCUT2D eigenvalue weighted by atomic mass is 32.1. The first kappa shape index (κ1) is 26.2. The molecule has 2 aromatic rings. The minimum atomic E-state index is -0.659. The Kier molecular flexibility index (Phi) is 9.98. The number of rotatable bonds is 11. The van der Waals surface area contributed by atoms with Gasteiger partial charge in [0, 0.05) is 29.7 Å². The molecule has 1 aliphatic carbocycles. The molecule has 0 radical (unpaired) electrons. The third kappa shape index (κ3) is 7.07. The predicted octanol–water partition coefficient (Wildman–Crippen LogP) is 3.43. The van der Waals surface area contributed by atoms with Crippen molar-refractivity contribution >= 4 is 28.3 Å². The molecule has 0 spiro atoms. The Morgan fingerprint density at radius 2 is 1.76 bits per heavy atom. The number of carbonyl (C=O) groups excluding carboxylic acids is 2. The predicted molar refractivity (Wildman–Crippen MR) is 138 cm³/mol. The van der Waals surface area contributed by atoms with Crippen LogP contribution in [0.1, 0.15) is 52.9 Å². The van der Waals surface area contributed by atoms with Gasteiger partial charge in [-0.05, 0) is 38.6 Å². The first-order valence-corrected chi connectivity index (χ1v) is 13.1. The molecule has 1 saturated carbocycles. The van der Waals surface area contributed by atoms with Crippen LogP contribution in [-0.2, 0) is 9.59 Å². The summed E-state index contributed by atoms with van der Waals surface area (Å²) in [7, 11) is 1.92. The van der Waals surface area contributed by atoms with Gasteiger partial charge in [0.1, 0.15) is 16.7 Å². The summed E-state index contributed by atoms with van der Waals surface area (Å²) < 4.78 is 4.03. The number of nitrogens with zero attached hydrogens (tertiary/aromatic N) is 2. The van der Waals surface area contributed by atoms with Crippen molar-refractivity contribution in [2.24, 2.45) is 11.8 Å². The van der Waals surface area contributed by atoms with Gasteiger partial charge < -0.3 is 21.3 Å². The molecule has 1 heterocycles. The number of carbonyl (C=O) groups is 2. The lowest BCUT2D eigenvalue weighted by Crippen LogP contribution is -2.57. The number of amides is 2. The smallest absolute Gasteiger partial charge is 0.247 e. The van der Waals surface area contributed by atoms with Crippen molar-refractivity contribution in [2.45, 2.75) is 71.0 Å². The van der Waals surface area contributed by atoms with E-state index in [1.165, 1.54) is 6.42 Å². The molecule has 4 N–H and O–H groups in total. The average Bonchev–Trinajstić information content (AvgIpc) is 3.31. The highest BCUT2D eigenvalue weighted by molar-refractivity contribution is 7.10. The molecular formula is C25H38N6O2S. The van der Waals surface area contributed by atoms with E-state index in [1.807, 2.05) is 51.2 Å². The topological polar surface area (TPSA) is 108 Å². The first-order chi connectivity index (χ1) is 16.4. The zero-order chi connectivity index (χ0) is 24.5.